The average Bonchev–Trinajstić information content (AvgIpc) is 2.83. The van der Waals surface area contributed by atoms with Crippen molar-refractivity contribution >= 4 is 11.3 Å². The molecule has 0 spiro atoms. The Kier molecular flexibility index (Phi) is 4.45. The molecular weight excluding hydrogens is 258 g/mol. The van der Waals surface area contributed by atoms with Gasteiger partial charge < -0.3 is 15.2 Å². The first-order valence-corrected chi connectivity index (χ1v) is 7.01. The molecule has 0 saturated carbocycles. The predicted molar refractivity (Wildman–Crippen MR) is 79.2 cm³/mol. The molecule has 0 aliphatic rings. The first-order valence-electron chi connectivity index (χ1n) is 6.19. The third kappa shape index (κ3) is 3.49. The number of benzene rings is 1. The Morgan fingerprint density at radius 2 is 1.95 bits per heavy atom. The van der Waals surface area contributed by atoms with Gasteiger partial charge in [0.1, 0.15) is 6.61 Å². The van der Waals surface area contributed by atoms with Gasteiger partial charge in [0.15, 0.2) is 11.5 Å². The molecule has 0 bridgehead atoms. The van der Waals surface area contributed by atoms with Crippen LogP contribution in [-0.2, 0) is 0 Å². The highest BCUT2D eigenvalue weighted by Gasteiger charge is 2.11. The van der Waals surface area contributed by atoms with Crippen molar-refractivity contribution in [1.29, 1.82) is 0 Å². The minimum absolute atomic E-state index is 0.107. The van der Waals surface area contributed by atoms with Gasteiger partial charge in [-0.2, -0.15) is 0 Å². The summed E-state index contributed by atoms with van der Waals surface area (Å²) in [4.78, 5) is 2.40. The summed E-state index contributed by atoms with van der Waals surface area (Å²) >= 11 is 1.71. The van der Waals surface area contributed by atoms with Gasteiger partial charge in [-0.25, -0.2) is 0 Å². The molecule has 4 heteroatoms. The van der Waals surface area contributed by atoms with Gasteiger partial charge in [-0.3, -0.25) is 0 Å². The van der Waals surface area contributed by atoms with Gasteiger partial charge in [-0.05, 0) is 43.7 Å². The van der Waals surface area contributed by atoms with Crippen molar-refractivity contribution in [2.45, 2.75) is 19.9 Å². The van der Waals surface area contributed by atoms with E-state index in [0.717, 1.165) is 21.9 Å². The number of hydrogen-bond donors (Lipinski definition) is 1. The lowest BCUT2D eigenvalue weighted by atomic mass is 10.2. The van der Waals surface area contributed by atoms with Gasteiger partial charge in [0.2, 0.25) is 0 Å². The lowest BCUT2D eigenvalue weighted by Crippen LogP contribution is -2.18. The fourth-order valence-corrected chi connectivity index (χ4v) is 2.67. The second-order valence-corrected chi connectivity index (χ2v) is 5.84. The van der Waals surface area contributed by atoms with Crippen molar-refractivity contribution in [1.82, 2.24) is 0 Å². The summed E-state index contributed by atoms with van der Waals surface area (Å²) in [6, 6.07) is 9.90. The van der Waals surface area contributed by atoms with E-state index >= 15 is 0 Å². The number of hydrogen-bond acceptors (Lipinski definition) is 4. The molecule has 102 valence electrons. The van der Waals surface area contributed by atoms with E-state index in [1.54, 1.807) is 18.4 Å². The molecule has 1 atom stereocenters. The van der Waals surface area contributed by atoms with Crippen molar-refractivity contribution in [3.63, 3.8) is 0 Å². The highest BCUT2D eigenvalue weighted by atomic mass is 32.1. The Morgan fingerprint density at radius 3 is 2.58 bits per heavy atom. The summed E-state index contributed by atoms with van der Waals surface area (Å²) in [6.07, 6.45) is 0. The van der Waals surface area contributed by atoms with E-state index in [9.17, 15) is 0 Å². The van der Waals surface area contributed by atoms with E-state index in [1.807, 2.05) is 25.1 Å². The third-order valence-corrected chi connectivity index (χ3v) is 4.00. The van der Waals surface area contributed by atoms with Crippen LogP contribution in [0.2, 0.25) is 0 Å². The van der Waals surface area contributed by atoms with Gasteiger partial charge >= 0.3 is 0 Å². The Labute approximate surface area is 118 Å². The van der Waals surface area contributed by atoms with Crippen LogP contribution in [0, 0.1) is 13.8 Å². The molecule has 1 heterocycles. The van der Waals surface area contributed by atoms with Crippen LogP contribution < -0.4 is 15.2 Å². The molecule has 0 aliphatic carbocycles. The van der Waals surface area contributed by atoms with Gasteiger partial charge in [-0.15, -0.1) is 11.3 Å². The third-order valence-electron chi connectivity index (χ3n) is 2.86. The van der Waals surface area contributed by atoms with E-state index in [2.05, 4.69) is 19.1 Å². The molecule has 2 aromatic rings. The molecule has 3 nitrogen and oxygen atoms in total. The fraction of sp³-hybridized carbons (Fsp3) is 0.333. The maximum atomic E-state index is 6.12. The zero-order chi connectivity index (χ0) is 13.8. The number of thiophene rings is 1. The first kappa shape index (κ1) is 13.9. The molecule has 19 heavy (non-hydrogen) atoms. The summed E-state index contributed by atoms with van der Waals surface area (Å²) in [7, 11) is 1.64. The molecule has 0 fully saturated rings. The average molecular weight is 277 g/mol. The number of ether oxygens (including phenoxy) is 2. The number of methoxy groups -OCH3 is 1. The van der Waals surface area contributed by atoms with Gasteiger partial charge in [0.05, 0.1) is 13.2 Å². The monoisotopic (exact) mass is 277 g/mol. The number of nitrogens with two attached hydrogens (primary N) is 1. The maximum absolute atomic E-state index is 6.12. The topological polar surface area (TPSA) is 44.5 Å². The molecule has 1 unspecified atom stereocenters. The Morgan fingerprint density at radius 1 is 1.16 bits per heavy atom. The molecule has 0 radical (unpaired) electrons. The van der Waals surface area contributed by atoms with Crippen LogP contribution in [0.15, 0.2) is 30.3 Å². The van der Waals surface area contributed by atoms with Gasteiger partial charge in [-0.1, -0.05) is 6.07 Å². The van der Waals surface area contributed by atoms with Crippen molar-refractivity contribution in [2.75, 3.05) is 13.7 Å². The molecule has 0 amide bonds. The standard InChI is InChI=1S/C15H19NO2S/c1-10-4-6-13(14(8-10)17-3)18-9-12(16)15-7-5-11(2)19-15/h4-8,12H,9,16H2,1-3H3. The molecule has 0 saturated heterocycles. The van der Waals surface area contributed by atoms with Crippen LogP contribution in [-0.4, -0.2) is 13.7 Å². The molecule has 0 aliphatic heterocycles. The van der Waals surface area contributed by atoms with Crippen LogP contribution >= 0.6 is 11.3 Å². The van der Waals surface area contributed by atoms with Crippen molar-refractivity contribution < 1.29 is 9.47 Å². The zero-order valence-electron chi connectivity index (χ0n) is 11.5. The zero-order valence-corrected chi connectivity index (χ0v) is 12.3. The summed E-state index contributed by atoms with van der Waals surface area (Å²) in [5.74, 6) is 1.48. The normalized spacial score (nSPS) is 12.2. The lowest BCUT2D eigenvalue weighted by molar-refractivity contribution is 0.274. The summed E-state index contributed by atoms with van der Waals surface area (Å²) in [5.41, 5.74) is 7.26. The van der Waals surface area contributed by atoms with Crippen LogP contribution in [0.5, 0.6) is 11.5 Å². The van der Waals surface area contributed by atoms with Crippen molar-refractivity contribution in [2.24, 2.45) is 5.73 Å². The smallest absolute Gasteiger partial charge is 0.161 e. The largest absolute Gasteiger partial charge is 0.493 e. The number of rotatable bonds is 5. The van der Waals surface area contributed by atoms with Crippen LogP contribution in [0.3, 0.4) is 0 Å². The maximum Gasteiger partial charge on any atom is 0.161 e. The molecule has 2 rings (SSSR count). The Bertz CT molecular complexity index is 551. The number of aryl methyl sites for hydroxylation is 2. The van der Waals surface area contributed by atoms with Crippen LogP contribution in [0.25, 0.3) is 0 Å². The second-order valence-electron chi connectivity index (χ2n) is 4.52. The van der Waals surface area contributed by atoms with Crippen molar-refractivity contribution in [3.8, 4) is 11.5 Å². The lowest BCUT2D eigenvalue weighted by Gasteiger charge is -2.14. The van der Waals surface area contributed by atoms with Gasteiger partial charge in [0, 0.05) is 9.75 Å². The summed E-state index contributed by atoms with van der Waals surface area (Å²) in [5, 5.41) is 0. The quantitative estimate of drug-likeness (QED) is 0.910. The van der Waals surface area contributed by atoms with Crippen LogP contribution in [0.1, 0.15) is 21.4 Å². The predicted octanol–water partition coefficient (Wildman–Crippen LogP) is 3.45. The highest BCUT2D eigenvalue weighted by molar-refractivity contribution is 7.12. The molecule has 1 aromatic heterocycles. The summed E-state index contributed by atoms with van der Waals surface area (Å²) in [6.45, 7) is 4.54. The van der Waals surface area contributed by atoms with E-state index in [0.29, 0.717) is 6.61 Å². The van der Waals surface area contributed by atoms with E-state index in [-0.39, 0.29) is 6.04 Å². The Hall–Kier alpha value is -1.52. The fourth-order valence-electron chi connectivity index (χ4n) is 1.81. The minimum Gasteiger partial charge on any atom is -0.493 e. The minimum atomic E-state index is -0.107. The van der Waals surface area contributed by atoms with Crippen LogP contribution in [0.4, 0.5) is 0 Å². The van der Waals surface area contributed by atoms with E-state index in [1.165, 1.54) is 4.88 Å². The highest BCUT2D eigenvalue weighted by Crippen LogP contribution is 2.29. The van der Waals surface area contributed by atoms with E-state index < -0.39 is 0 Å². The van der Waals surface area contributed by atoms with Crippen molar-refractivity contribution in [3.05, 3.63) is 45.6 Å². The molecule has 1 aromatic carbocycles. The SMILES string of the molecule is COc1cc(C)ccc1OCC(N)c1ccc(C)s1. The van der Waals surface area contributed by atoms with Gasteiger partial charge in [0.25, 0.3) is 0 Å². The van der Waals surface area contributed by atoms with E-state index in [4.69, 9.17) is 15.2 Å². The Balaban J connectivity index is 2.02. The first-order chi connectivity index (χ1) is 9.10. The summed E-state index contributed by atoms with van der Waals surface area (Å²) < 4.78 is 11.1. The molecule has 2 N–H and O–H groups in total. The molecular formula is C15H19NO2S. The second kappa shape index (κ2) is 6.08.